The van der Waals surface area contributed by atoms with Crippen molar-refractivity contribution in [2.75, 3.05) is 20.3 Å². The van der Waals surface area contributed by atoms with Crippen molar-refractivity contribution in [2.24, 2.45) is 0 Å². The second-order valence-corrected chi connectivity index (χ2v) is 9.48. The average Bonchev–Trinajstić information content (AvgIpc) is 3.49. The van der Waals surface area contributed by atoms with E-state index in [2.05, 4.69) is 5.32 Å². The Morgan fingerprint density at radius 1 is 1.24 bits per heavy atom. The Labute approximate surface area is 199 Å². The van der Waals surface area contributed by atoms with Gasteiger partial charge in [-0.15, -0.1) is 0 Å². The molecule has 1 aromatic heterocycles. The van der Waals surface area contributed by atoms with Gasteiger partial charge in [0.25, 0.3) is 5.91 Å². The zero-order valence-electron chi connectivity index (χ0n) is 20.0. The largest absolute Gasteiger partial charge is 0.497 e. The number of carbonyl (C=O) groups excluding carboxylic acids is 2. The van der Waals surface area contributed by atoms with Gasteiger partial charge in [-0.1, -0.05) is 24.3 Å². The van der Waals surface area contributed by atoms with Crippen LogP contribution in [0.1, 0.15) is 41.4 Å². The van der Waals surface area contributed by atoms with Crippen LogP contribution in [0.3, 0.4) is 0 Å². The fraction of sp³-hybridized carbons (Fsp3) is 0.407. The molecule has 1 N–H and O–H groups in total. The number of amides is 2. The van der Waals surface area contributed by atoms with Crippen LogP contribution in [-0.2, 0) is 22.6 Å². The molecule has 3 aromatic rings. The molecule has 0 spiro atoms. The minimum absolute atomic E-state index is 0.0314. The first kappa shape index (κ1) is 22.5. The first-order chi connectivity index (χ1) is 16.4. The molecule has 2 aromatic carbocycles. The number of ether oxygens (including phenoxy) is 2. The van der Waals surface area contributed by atoms with Crippen LogP contribution in [0.15, 0.2) is 48.5 Å². The summed E-state index contributed by atoms with van der Waals surface area (Å²) in [5.74, 6) is 0.396. The lowest BCUT2D eigenvalue weighted by Crippen LogP contribution is -2.64. The molecule has 7 heteroatoms. The zero-order valence-corrected chi connectivity index (χ0v) is 20.0. The Balaban J connectivity index is 1.55. The summed E-state index contributed by atoms with van der Waals surface area (Å²) in [6.07, 6.45) is 1.98. The van der Waals surface area contributed by atoms with E-state index in [1.807, 2.05) is 66.9 Å². The van der Waals surface area contributed by atoms with E-state index in [4.69, 9.17) is 9.47 Å². The van der Waals surface area contributed by atoms with E-state index < -0.39 is 5.54 Å². The van der Waals surface area contributed by atoms with Crippen molar-refractivity contribution in [1.29, 1.82) is 0 Å². The monoisotopic (exact) mass is 461 g/mol. The van der Waals surface area contributed by atoms with Gasteiger partial charge in [-0.3, -0.25) is 9.59 Å². The van der Waals surface area contributed by atoms with Gasteiger partial charge >= 0.3 is 0 Å². The standard InChI is InChI=1S/C27H31N3O4/c1-18-7-4-5-8-20(18)16-30-25(31)24-13-19-10-11-21(33-3)14-23(19)29(24)17-27(30,2)26(32)28-15-22-9-6-12-34-22/h4-5,7-8,10-11,13-14,22H,6,9,12,15-17H2,1-3H3,(H,28,32)/t22-,27+/m0/s1. The van der Waals surface area contributed by atoms with Crippen LogP contribution in [-0.4, -0.2) is 53.2 Å². The quantitative estimate of drug-likeness (QED) is 0.608. The van der Waals surface area contributed by atoms with Gasteiger partial charge in [0.15, 0.2) is 0 Å². The Bertz CT molecular complexity index is 1240. The maximum atomic E-state index is 13.9. The van der Waals surface area contributed by atoms with Crippen LogP contribution in [0.25, 0.3) is 10.9 Å². The molecular formula is C27H31N3O4. The smallest absolute Gasteiger partial charge is 0.271 e. The Kier molecular flexibility index (Phi) is 5.81. The first-order valence-corrected chi connectivity index (χ1v) is 11.8. The van der Waals surface area contributed by atoms with Crippen LogP contribution >= 0.6 is 0 Å². The Morgan fingerprint density at radius 2 is 2.06 bits per heavy atom. The van der Waals surface area contributed by atoms with Crippen LogP contribution in [0.4, 0.5) is 0 Å². The highest BCUT2D eigenvalue weighted by molar-refractivity contribution is 6.03. The minimum atomic E-state index is -1.07. The third-order valence-electron chi connectivity index (χ3n) is 7.23. The van der Waals surface area contributed by atoms with E-state index in [0.29, 0.717) is 31.1 Å². The Hall–Kier alpha value is -3.32. The van der Waals surface area contributed by atoms with Gasteiger partial charge in [-0.2, -0.15) is 0 Å². The third-order valence-corrected chi connectivity index (χ3v) is 7.23. The van der Waals surface area contributed by atoms with E-state index in [1.54, 1.807) is 12.0 Å². The summed E-state index contributed by atoms with van der Waals surface area (Å²) in [4.78, 5) is 29.3. The molecule has 1 saturated heterocycles. The summed E-state index contributed by atoms with van der Waals surface area (Å²) < 4.78 is 13.1. The maximum Gasteiger partial charge on any atom is 0.271 e. The van der Waals surface area contributed by atoms with Gasteiger partial charge in [0.1, 0.15) is 17.0 Å². The lowest BCUT2D eigenvalue weighted by molar-refractivity contribution is -0.133. The molecular weight excluding hydrogens is 430 g/mol. The molecule has 0 radical (unpaired) electrons. The van der Waals surface area contributed by atoms with Gasteiger partial charge in [-0.05, 0) is 56.0 Å². The number of nitrogens with zero attached hydrogens (tertiary/aromatic N) is 2. The fourth-order valence-corrected chi connectivity index (χ4v) is 5.07. The highest BCUT2D eigenvalue weighted by Gasteiger charge is 2.47. The van der Waals surface area contributed by atoms with E-state index in [0.717, 1.165) is 41.5 Å². The third kappa shape index (κ3) is 3.84. The minimum Gasteiger partial charge on any atom is -0.497 e. The molecule has 2 amide bonds. The number of hydrogen-bond acceptors (Lipinski definition) is 4. The number of rotatable bonds is 6. The molecule has 1 fully saturated rings. The van der Waals surface area contributed by atoms with Crippen LogP contribution < -0.4 is 10.1 Å². The second-order valence-electron chi connectivity index (χ2n) is 9.48. The fourth-order valence-electron chi connectivity index (χ4n) is 5.07. The van der Waals surface area contributed by atoms with Crippen molar-refractivity contribution in [3.63, 3.8) is 0 Å². The van der Waals surface area contributed by atoms with Crippen molar-refractivity contribution in [2.45, 2.75) is 51.4 Å². The van der Waals surface area contributed by atoms with Gasteiger partial charge in [0.05, 0.1) is 25.3 Å². The summed E-state index contributed by atoms with van der Waals surface area (Å²) >= 11 is 0. The number of aromatic nitrogens is 1. The molecule has 0 saturated carbocycles. The predicted octanol–water partition coefficient (Wildman–Crippen LogP) is 3.67. The highest BCUT2D eigenvalue weighted by Crippen LogP contribution is 2.35. The summed E-state index contributed by atoms with van der Waals surface area (Å²) in [5.41, 5.74) is 2.52. The SMILES string of the molecule is COc1ccc2cc3n(c2c1)C[C@](C)(C(=O)NC[C@@H]1CCCO1)N(Cc1ccccc1C)C3=O. The first-order valence-electron chi connectivity index (χ1n) is 11.8. The molecule has 0 unspecified atom stereocenters. The molecule has 178 valence electrons. The number of methoxy groups -OCH3 is 1. The molecule has 2 aliphatic rings. The number of benzene rings is 2. The lowest BCUT2D eigenvalue weighted by Gasteiger charge is -2.44. The van der Waals surface area contributed by atoms with Gasteiger partial charge < -0.3 is 24.3 Å². The van der Waals surface area contributed by atoms with Crippen molar-refractivity contribution in [1.82, 2.24) is 14.8 Å². The second kappa shape index (κ2) is 8.80. The molecule has 2 atom stereocenters. The predicted molar refractivity (Wildman–Crippen MR) is 130 cm³/mol. The molecule has 0 aliphatic carbocycles. The highest BCUT2D eigenvalue weighted by atomic mass is 16.5. The zero-order chi connectivity index (χ0) is 23.9. The summed E-state index contributed by atoms with van der Waals surface area (Å²) in [5, 5.41) is 4.03. The van der Waals surface area contributed by atoms with Gasteiger partial charge in [0, 0.05) is 31.1 Å². The average molecular weight is 462 g/mol. The van der Waals surface area contributed by atoms with Crippen molar-refractivity contribution in [3.8, 4) is 5.75 Å². The molecule has 0 bridgehead atoms. The number of carbonyl (C=O) groups is 2. The number of hydrogen-bond donors (Lipinski definition) is 1. The number of nitrogens with one attached hydrogen (secondary N) is 1. The van der Waals surface area contributed by atoms with Gasteiger partial charge in [-0.25, -0.2) is 0 Å². The summed E-state index contributed by atoms with van der Waals surface area (Å²) in [6.45, 7) is 5.79. The van der Waals surface area contributed by atoms with E-state index in [-0.39, 0.29) is 17.9 Å². The topological polar surface area (TPSA) is 72.8 Å². The Morgan fingerprint density at radius 3 is 2.79 bits per heavy atom. The molecule has 7 nitrogen and oxygen atoms in total. The van der Waals surface area contributed by atoms with Crippen molar-refractivity contribution < 1.29 is 19.1 Å². The lowest BCUT2D eigenvalue weighted by atomic mass is 9.93. The number of aryl methyl sites for hydroxylation is 1. The molecule has 3 heterocycles. The number of fused-ring (bicyclic) bond motifs is 3. The van der Waals surface area contributed by atoms with E-state index in [9.17, 15) is 9.59 Å². The maximum absolute atomic E-state index is 13.9. The van der Waals surface area contributed by atoms with Crippen LogP contribution in [0, 0.1) is 6.92 Å². The van der Waals surface area contributed by atoms with Crippen molar-refractivity contribution >= 4 is 22.7 Å². The van der Waals surface area contributed by atoms with Crippen LogP contribution in [0.2, 0.25) is 0 Å². The summed E-state index contributed by atoms with van der Waals surface area (Å²) in [6, 6.07) is 15.7. The van der Waals surface area contributed by atoms with E-state index >= 15 is 0 Å². The summed E-state index contributed by atoms with van der Waals surface area (Å²) in [7, 11) is 1.62. The van der Waals surface area contributed by atoms with Crippen molar-refractivity contribution in [3.05, 3.63) is 65.4 Å². The molecule has 5 rings (SSSR count). The normalized spacial score (nSPS) is 22.1. The van der Waals surface area contributed by atoms with E-state index in [1.165, 1.54) is 0 Å². The molecule has 2 aliphatic heterocycles. The van der Waals surface area contributed by atoms with Gasteiger partial charge in [0.2, 0.25) is 5.91 Å². The van der Waals surface area contributed by atoms with Crippen LogP contribution in [0.5, 0.6) is 5.75 Å². The molecule has 34 heavy (non-hydrogen) atoms.